The second kappa shape index (κ2) is 4.94. The van der Waals surface area contributed by atoms with E-state index in [1.54, 1.807) is 12.1 Å². The number of halogens is 1. The van der Waals surface area contributed by atoms with Gasteiger partial charge in [0.05, 0.1) is 9.88 Å². The van der Waals surface area contributed by atoms with Gasteiger partial charge in [-0.3, -0.25) is 0 Å². The molecule has 0 bridgehead atoms. The average Bonchev–Trinajstić information content (AvgIpc) is 2.74. The molecule has 0 aliphatic carbocycles. The highest BCUT2D eigenvalue weighted by atomic mass is 35.5. The van der Waals surface area contributed by atoms with Crippen molar-refractivity contribution >= 4 is 28.9 Å². The Hall–Kier alpha value is -1.39. The highest BCUT2D eigenvalue weighted by Gasteiger charge is 2.25. The number of rotatable bonds is 2. The van der Waals surface area contributed by atoms with E-state index in [9.17, 15) is 9.90 Å². The van der Waals surface area contributed by atoms with E-state index >= 15 is 0 Å². The van der Waals surface area contributed by atoms with E-state index in [1.165, 1.54) is 11.3 Å². The maximum Gasteiger partial charge on any atom is 0.356 e. The zero-order valence-corrected chi connectivity index (χ0v) is 12.5. The van der Waals surface area contributed by atoms with Crippen LogP contribution in [0.3, 0.4) is 0 Å². The third kappa shape index (κ3) is 2.96. The van der Waals surface area contributed by atoms with E-state index in [-0.39, 0.29) is 11.1 Å². The minimum atomic E-state index is -1.00. The lowest BCUT2D eigenvalue weighted by atomic mass is 9.98. The number of hydrogen-bond acceptors (Lipinski definition) is 3. The van der Waals surface area contributed by atoms with Gasteiger partial charge in [0.25, 0.3) is 0 Å². The Morgan fingerprint density at radius 3 is 2.32 bits per heavy atom. The first kappa shape index (κ1) is 14.0. The number of carboxylic acids is 1. The number of aromatic carboxylic acids is 1. The van der Waals surface area contributed by atoms with Crippen molar-refractivity contribution in [3.05, 3.63) is 40.0 Å². The van der Waals surface area contributed by atoms with Gasteiger partial charge in [0.15, 0.2) is 5.69 Å². The van der Waals surface area contributed by atoms with Crippen LogP contribution in [0.5, 0.6) is 0 Å². The maximum absolute atomic E-state index is 11.3. The predicted molar refractivity (Wildman–Crippen MR) is 78.2 cm³/mol. The van der Waals surface area contributed by atoms with Gasteiger partial charge < -0.3 is 5.11 Å². The fraction of sp³-hybridized carbons (Fsp3) is 0.286. The van der Waals surface area contributed by atoms with Crippen LogP contribution in [0.15, 0.2) is 24.3 Å². The summed E-state index contributed by atoms with van der Waals surface area (Å²) in [5.74, 6) is -1.00. The van der Waals surface area contributed by atoms with Crippen molar-refractivity contribution in [2.75, 3.05) is 0 Å². The SMILES string of the molecule is CC(C)(C)c1nc(C(=O)O)c(-c2ccc(Cl)cc2)s1. The molecule has 1 aromatic heterocycles. The van der Waals surface area contributed by atoms with E-state index < -0.39 is 5.97 Å². The second-order valence-corrected chi connectivity index (χ2v) is 6.69. The highest BCUT2D eigenvalue weighted by Crippen LogP contribution is 2.36. The first-order chi connectivity index (χ1) is 8.79. The molecule has 19 heavy (non-hydrogen) atoms. The molecule has 0 saturated heterocycles. The summed E-state index contributed by atoms with van der Waals surface area (Å²) >= 11 is 7.27. The summed E-state index contributed by atoms with van der Waals surface area (Å²) in [6.45, 7) is 6.05. The van der Waals surface area contributed by atoms with Crippen LogP contribution >= 0.6 is 22.9 Å². The molecular weight excluding hydrogens is 282 g/mol. The molecular formula is C14H14ClNO2S. The van der Waals surface area contributed by atoms with Crippen LogP contribution in [0.4, 0.5) is 0 Å². The molecule has 0 aliphatic heterocycles. The largest absolute Gasteiger partial charge is 0.476 e. The van der Waals surface area contributed by atoms with Crippen LogP contribution in [0, 0.1) is 0 Å². The quantitative estimate of drug-likeness (QED) is 0.890. The van der Waals surface area contributed by atoms with Crippen molar-refractivity contribution in [3.63, 3.8) is 0 Å². The van der Waals surface area contributed by atoms with E-state index in [4.69, 9.17) is 11.6 Å². The molecule has 0 aliphatic rings. The van der Waals surface area contributed by atoms with E-state index in [0.29, 0.717) is 9.90 Å². The van der Waals surface area contributed by atoms with Gasteiger partial charge >= 0.3 is 5.97 Å². The highest BCUT2D eigenvalue weighted by molar-refractivity contribution is 7.15. The molecule has 0 radical (unpaired) electrons. The summed E-state index contributed by atoms with van der Waals surface area (Å²) in [6.07, 6.45) is 0. The van der Waals surface area contributed by atoms with Gasteiger partial charge in [0.2, 0.25) is 0 Å². The third-order valence-electron chi connectivity index (χ3n) is 2.58. The molecule has 100 valence electrons. The van der Waals surface area contributed by atoms with Crippen molar-refractivity contribution in [1.29, 1.82) is 0 Å². The fourth-order valence-electron chi connectivity index (χ4n) is 1.58. The number of carbonyl (C=O) groups is 1. The molecule has 1 N–H and O–H groups in total. The van der Waals surface area contributed by atoms with E-state index in [2.05, 4.69) is 4.98 Å². The van der Waals surface area contributed by atoms with Crippen LogP contribution in [-0.4, -0.2) is 16.1 Å². The fourth-order valence-corrected chi connectivity index (χ4v) is 2.83. The summed E-state index contributed by atoms with van der Waals surface area (Å²) in [7, 11) is 0. The van der Waals surface area contributed by atoms with Crippen LogP contribution in [0.1, 0.15) is 36.3 Å². The van der Waals surface area contributed by atoms with Gasteiger partial charge in [-0.25, -0.2) is 9.78 Å². The van der Waals surface area contributed by atoms with Crippen molar-refractivity contribution in [3.8, 4) is 10.4 Å². The van der Waals surface area contributed by atoms with Gasteiger partial charge in [0, 0.05) is 10.4 Å². The van der Waals surface area contributed by atoms with Gasteiger partial charge in [-0.2, -0.15) is 0 Å². The Labute approximate surface area is 120 Å². The lowest BCUT2D eigenvalue weighted by Crippen LogP contribution is -2.11. The molecule has 5 heteroatoms. The average molecular weight is 296 g/mol. The Balaban J connectivity index is 2.58. The summed E-state index contributed by atoms with van der Waals surface area (Å²) in [5.41, 5.74) is 0.770. The summed E-state index contributed by atoms with van der Waals surface area (Å²) in [6, 6.07) is 7.13. The molecule has 2 rings (SSSR count). The molecule has 1 heterocycles. The summed E-state index contributed by atoms with van der Waals surface area (Å²) in [5, 5.41) is 10.7. The van der Waals surface area contributed by atoms with Crippen molar-refractivity contribution in [2.24, 2.45) is 0 Å². The Morgan fingerprint density at radius 1 is 1.26 bits per heavy atom. The number of thiazole rings is 1. The molecule has 0 unspecified atom stereocenters. The normalized spacial score (nSPS) is 11.6. The molecule has 0 spiro atoms. The second-order valence-electron chi connectivity index (χ2n) is 5.26. The molecule has 0 saturated carbocycles. The van der Waals surface area contributed by atoms with E-state index in [1.807, 2.05) is 32.9 Å². The van der Waals surface area contributed by atoms with Crippen LogP contribution < -0.4 is 0 Å². The maximum atomic E-state index is 11.3. The van der Waals surface area contributed by atoms with Gasteiger partial charge in [-0.05, 0) is 17.7 Å². The van der Waals surface area contributed by atoms with Crippen LogP contribution in [0.2, 0.25) is 5.02 Å². The summed E-state index contributed by atoms with van der Waals surface area (Å²) in [4.78, 5) is 16.3. The third-order valence-corrected chi connectivity index (χ3v) is 4.36. The molecule has 0 atom stereocenters. The van der Waals surface area contributed by atoms with Crippen LogP contribution in [-0.2, 0) is 5.41 Å². The van der Waals surface area contributed by atoms with Crippen LogP contribution in [0.25, 0.3) is 10.4 Å². The first-order valence-corrected chi connectivity index (χ1v) is 6.99. The minimum Gasteiger partial charge on any atom is -0.476 e. The zero-order valence-electron chi connectivity index (χ0n) is 10.9. The number of benzene rings is 1. The number of aromatic nitrogens is 1. The van der Waals surface area contributed by atoms with E-state index in [0.717, 1.165) is 10.6 Å². The molecule has 0 amide bonds. The lowest BCUT2D eigenvalue weighted by molar-refractivity contribution is 0.0692. The Morgan fingerprint density at radius 2 is 1.84 bits per heavy atom. The Bertz CT molecular complexity index is 611. The number of hydrogen-bond donors (Lipinski definition) is 1. The first-order valence-electron chi connectivity index (χ1n) is 5.79. The van der Waals surface area contributed by atoms with Crippen molar-refractivity contribution in [1.82, 2.24) is 4.98 Å². The molecule has 3 nitrogen and oxygen atoms in total. The summed E-state index contributed by atoms with van der Waals surface area (Å²) < 4.78 is 0. The Kier molecular flexibility index (Phi) is 3.65. The zero-order chi connectivity index (χ0) is 14.2. The van der Waals surface area contributed by atoms with Gasteiger partial charge in [-0.1, -0.05) is 44.5 Å². The molecule has 1 aromatic carbocycles. The minimum absolute atomic E-state index is 0.109. The van der Waals surface area contributed by atoms with Gasteiger partial charge in [-0.15, -0.1) is 11.3 Å². The molecule has 0 fully saturated rings. The van der Waals surface area contributed by atoms with Crippen molar-refractivity contribution in [2.45, 2.75) is 26.2 Å². The topological polar surface area (TPSA) is 50.2 Å². The number of carboxylic acid groups (broad SMARTS) is 1. The standard InChI is InChI=1S/C14H14ClNO2S/c1-14(2,3)13-16-10(12(17)18)11(19-13)8-4-6-9(15)7-5-8/h4-7H,1-3H3,(H,17,18). The molecule has 2 aromatic rings. The lowest BCUT2D eigenvalue weighted by Gasteiger charge is -2.13. The smallest absolute Gasteiger partial charge is 0.356 e. The van der Waals surface area contributed by atoms with Crippen molar-refractivity contribution < 1.29 is 9.90 Å². The van der Waals surface area contributed by atoms with Gasteiger partial charge in [0.1, 0.15) is 0 Å². The number of nitrogens with zero attached hydrogens (tertiary/aromatic N) is 1. The monoisotopic (exact) mass is 295 g/mol. The predicted octanol–water partition coefficient (Wildman–Crippen LogP) is 4.46.